The SMILES string of the molecule is COC(=O)c1cc(Cc2cc(C(=O)c3cc(Cc4cc(Cl)c(OC)c(C(=O)OC)c4)c(OC)c(C(=O)OC)c3)cc(C(=O)OC)c2OC)cc(Cl)c1OC. The highest BCUT2D eigenvalue weighted by molar-refractivity contribution is 6.33. The van der Waals surface area contributed by atoms with Crippen molar-refractivity contribution in [3.05, 3.63) is 114 Å². The third kappa shape index (κ3) is 8.37. The Hall–Kier alpha value is -5.79. The van der Waals surface area contributed by atoms with Gasteiger partial charge in [-0.2, -0.15) is 0 Å². The average Bonchev–Trinajstić information content (AvgIpc) is 3.18. The van der Waals surface area contributed by atoms with Gasteiger partial charge >= 0.3 is 23.9 Å². The summed E-state index contributed by atoms with van der Waals surface area (Å²) in [7, 11) is 10.2. The zero-order valence-electron chi connectivity index (χ0n) is 30.6. The normalized spacial score (nSPS) is 10.6. The van der Waals surface area contributed by atoms with Crippen molar-refractivity contribution >= 4 is 52.9 Å². The Labute approximate surface area is 320 Å². The van der Waals surface area contributed by atoms with Gasteiger partial charge in [0.05, 0.1) is 66.9 Å². The molecule has 4 aromatic carbocycles. The fraction of sp³-hybridized carbons (Fsp3) is 0.256. The zero-order valence-corrected chi connectivity index (χ0v) is 32.1. The van der Waals surface area contributed by atoms with Crippen LogP contribution >= 0.6 is 23.2 Å². The molecular weight excluding hydrogens is 747 g/mol. The standard InChI is InChI=1S/C39H36Cl2O13/c1-47-32-23(9-19-11-25(36(43)51-5)34(49-3)29(40)13-19)15-21(17-27(32)38(45)53-7)31(42)22-16-24(33(48-2)28(18-22)39(46)54-8)10-20-12-26(37(44)52-6)35(50-4)30(41)14-20/h11-18H,9-10H2,1-8H3. The van der Waals surface area contributed by atoms with Gasteiger partial charge in [-0.05, 0) is 59.7 Å². The lowest BCUT2D eigenvalue weighted by atomic mass is 9.91. The Morgan fingerprint density at radius 2 is 0.722 bits per heavy atom. The molecule has 0 atom stereocenters. The number of carbonyl (C=O) groups is 5. The van der Waals surface area contributed by atoms with E-state index in [1.54, 1.807) is 12.1 Å². The molecule has 0 N–H and O–H groups in total. The quantitative estimate of drug-likeness (QED) is 0.0767. The van der Waals surface area contributed by atoms with Gasteiger partial charge in [-0.1, -0.05) is 23.2 Å². The molecule has 0 aliphatic carbocycles. The summed E-state index contributed by atoms with van der Waals surface area (Å²) in [6, 6.07) is 11.8. The van der Waals surface area contributed by atoms with Gasteiger partial charge in [0.25, 0.3) is 0 Å². The summed E-state index contributed by atoms with van der Waals surface area (Å²) in [5, 5.41) is 0.237. The lowest BCUT2D eigenvalue weighted by Crippen LogP contribution is -2.13. The van der Waals surface area contributed by atoms with Crippen molar-refractivity contribution in [3.8, 4) is 23.0 Å². The summed E-state index contributed by atoms with van der Waals surface area (Å²) in [5.41, 5.74) is 1.69. The zero-order chi connectivity index (χ0) is 39.9. The van der Waals surface area contributed by atoms with E-state index in [9.17, 15) is 24.0 Å². The molecule has 0 aromatic heterocycles. The lowest BCUT2D eigenvalue weighted by molar-refractivity contribution is 0.0587. The van der Waals surface area contributed by atoms with Crippen LogP contribution < -0.4 is 18.9 Å². The van der Waals surface area contributed by atoms with Crippen molar-refractivity contribution in [3.63, 3.8) is 0 Å². The fourth-order valence-corrected chi connectivity index (χ4v) is 6.59. The Bertz CT molecular complexity index is 1990. The topological polar surface area (TPSA) is 159 Å². The second kappa shape index (κ2) is 17.8. The molecule has 54 heavy (non-hydrogen) atoms. The highest BCUT2D eigenvalue weighted by Gasteiger charge is 2.27. The Balaban J connectivity index is 1.93. The Morgan fingerprint density at radius 1 is 0.426 bits per heavy atom. The van der Waals surface area contributed by atoms with Crippen LogP contribution in [0.2, 0.25) is 10.0 Å². The van der Waals surface area contributed by atoms with Gasteiger partial charge in [0.1, 0.15) is 33.8 Å². The summed E-state index contributed by atoms with van der Waals surface area (Å²) in [4.78, 5) is 65.8. The van der Waals surface area contributed by atoms with Crippen LogP contribution in [0, 0.1) is 0 Å². The van der Waals surface area contributed by atoms with Gasteiger partial charge in [-0.3, -0.25) is 4.79 Å². The van der Waals surface area contributed by atoms with E-state index in [0.29, 0.717) is 22.3 Å². The van der Waals surface area contributed by atoms with Crippen LogP contribution in [0.5, 0.6) is 23.0 Å². The number of benzene rings is 4. The number of ketones is 1. The molecule has 0 unspecified atom stereocenters. The molecule has 0 fully saturated rings. The molecule has 0 saturated carbocycles. The molecule has 284 valence electrons. The van der Waals surface area contributed by atoms with Crippen LogP contribution in [0.25, 0.3) is 0 Å². The number of hydrogen-bond donors (Lipinski definition) is 0. The third-order valence-electron chi connectivity index (χ3n) is 8.29. The van der Waals surface area contributed by atoms with Gasteiger partial charge in [0.15, 0.2) is 17.3 Å². The van der Waals surface area contributed by atoms with E-state index >= 15 is 0 Å². The Morgan fingerprint density at radius 3 is 1.00 bits per heavy atom. The van der Waals surface area contributed by atoms with E-state index in [1.165, 1.54) is 93.3 Å². The summed E-state index contributed by atoms with van der Waals surface area (Å²) in [6.45, 7) is 0. The molecule has 0 radical (unpaired) electrons. The van der Waals surface area contributed by atoms with E-state index in [2.05, 4.69) is 0 Å². The molecule has 0 aliphatic rings. The summed E-state index contributed by atoms with van der Waals surface area (Å²) in [5.74, 6) is -3.18. The lowest BCUT2D eigenvalue weighted by Gasteiger charge is -2.18. The minimum Gasteiger partial charge on any atom is -0.496 e. The molecule has 0 bridgehead atoms. The first-order valence-corrected chi connectivity index (χ1v) is 16.6. The van der Waals surface area contributed by atoms with Crippen molar-refractivity contribution in [2.45, 2.75) is 12.8 Å². The Kier molecular flexibility index (Phi) is 13.5. The maximum absolute atomic E-state index is 14.4. The second-order valence-corrected chi connectivity index (χ2v) is 12.2. The molecule has 13 nitrogen and oxygen atoms in total. The number of ether oxygens (including phenoxy) is 8. The van der Waals surface area contributed by atoms with Crippen molar-refractivity contribution in [1.82, 2.24) is 0 Å². The minimum atomic E-state index is -0.797. The van der Waals surface area contributed by atoms with Crippen molar-refractivity contribution in [2.75, 3.05) is 56.9 Å². The predicted octanol–water partition coefficient (Wildman–Crippen LogP) is 6.59. The number of hydrogen-bond acceptors (Lipinski definition) is 13. The van der Waals surface area contributed by atoms with Crippen molar-refractivity contribution in [1.29, 1.82) is 0 Å². The number of halogens is 2. The maximum atomic E-state index is 14.4. The van der Waals surface area contributed by atoms with Crippen molar-refractivity contribution < 1.29 is 61.9 Å². The van der Waals surface area contributed by atoms with Crippen LogP contribution in [0.1, 0.15) is 79.6 Å². The van der Waals surface area contributed by atoms with Gasteiger partial charge < -0.3 is 37.9 Å². The van der Waals surface area contributed by atoms with Crippen LogP contribution in [0.4, 0.5) is 0 Å². The largest absolute Gasteiger partial charge is 0.496 e. The summed E-state index contributed by atoms with van der Waals surface area (Å²) < 4.78 is 41.7. The minimum absolute atomic E-state index is 0.0179. The smallest absolute Gasteiger partial charge is 0.341 e. The molecule has 4 rings (SSSR count). The average molecular weight is 784 g/mol. The maximum Gasteiger partial charge on any atom is 0.341 e. The van der Waals surface area contributed by atoms with Gasteiger partial charge in [-0.15, -0.1) is 0 Å². The molecule has 4 aromatic rings. The highest BCUT2D eigenvalue weighted by Crippen LogP contribution is 2.37. The van der Waals surface area contributed by atoms with E-state index in [0.717, 1.165) is 0 Å². The molecule has 0 spiro atoms. The van der Waals surface area contributed by atoms with Crippen LogP contribution in [0.3, 0.4) is 0 Å². The monoisotopic (exact) mass is 782 g/mol. The number of esters is 4. The first-order valence-electron chi connectivity index (χ1n) is 15.8. The summed E-state index contributed by atoms with van der Waals surface area (Å²) >= 11 is 12.9. The van der Waals surface area contributed by atoms with E-state index < -0.39 is 29.7 Å². The second-order valence-electron chi connectivity index (χ2n) is 11.4. The van der Waals surface area contributed by atoms with Gasteiger partial charge in [-0.25, -0.2) is 19.2 Å². The molecule has 0 aliphatic heterocycles. The first kappa shape index (κ1) is 41.0. The van der Waals surface area contributed by atoms with Crippen molar-refractivity contribution in [2.24, 2.45) is 0 Å². The van der Waals surface area contributed by atoms with E-state index in [-0.39, 0.29) is 79.3 Å². The number of carbonyl (C=O) groups excluding carboxylic acids is 5. The number of rotatable bonds is 14. The number of methoxy groups -OCH3 is 8. The van der Waals surface area contributed by atoms with Gasteiger partial charge in [0, 0.05) is 35.1 Å². The third-order valence-corrected chi connectivity index (χ3v) is 8.85. The van der Waals surface area contributed by atoms with Gasteiger partial charge in [0.2, 0.25) is 0 Å². The van der Waals surface area contributed by atoms with Crippen LogP contribution in [0.15, 0.2) is 48.5 Å². The molecule has 15 heteroatoms. The highest BCUT2D eigenvalue weighted by atomic mass is 35.5. The van der Waals surface area contributed by atoms with Crippen LogP contribution in [-0.4, -0.2) is 86.5 Å². The predicted molar refractivity (Wildman–Crippen MR) is 196 cm³/mol. The molecule has 0 saturated heterocycles. The van der Waals surface area contributed by atoms with E-state index in [4.69, 9.17) is 61.1 Å². The molecular formula is C39H36Cl2O13. The van der Waals surface area contributed by atoms with E-state index in [1.807, 2.05) is 0 Å². The molecule has 0 amide bonds. The first-order chi connectivity index (χ1) is 25.8. The fourth-order valence-electron chi connectivity index (χ4n) is 5.96. The van der Waals surface area contributed by atoms with Crippen LogP contribution in [-0.2, 0) is 31.8 Å². The molecule has 0 heterocycles. The summed E-state index contributed by atoms with van der Waals surface area (Å²) in [6.07, 6.45) is 0.0358.